The van der Waals surface area contributed by atoms with E-state index in [1.165, 1.54) is 19.3 Å². The molecule has 12 heavy (non-hydrogen) atoms. The molecule has 1 aliphatic rings. The molecule has 1 aromatic rings. The van der Waals surface area contributed by atoms with Gasteiger partial charge in [-0.15, -0.1) is 0 Å². The van der Waals surface area contributed by atoms with Crippen LogP contribution in [0.15, 0.2) is 24.5 Å². The van der Waals surface area contributed by atoms with Crippen LogP contribution in [0.4, 0.5) is 0 Å². The highest BCUT2D eigenvalue weighted by molar-refractivity contribution is 4.93. The molecule has 1 fully saturated rings. The molecule has 0 bridgehead atoms. The molecular formula is C9H15N3. The molecule has 0 saturated carbocycles. The third-order valence-corrected chi connectivity index (χ3v) is 2.48. The lowest BCUT2D eigenvalue weighted by atomic mass is 10.1. The Hall–Kier alpha value is -0.800. The van der Waals surface area contributed by atoms with Crippen molar-refractivity contribution in [2.75, 3.05) is 6.54 Å². The monoisotopic (exact) mass is 165 g/mol. The minimum absolute atomic E-state index is 0.383. The fraction of sp³-hybridized carbons (Fsp3) is 0.556. The fourth-order valence-corrected chi connectivity index (χ4v) is 1.80. The average molecular weight is 165 g/mol. The highest BCUT2D eigenvalue weighted by Gasteiger charge is 2.19. The molecule has 1 unspecified atom stereocenters. The summed E-state index contributed by atoms with van der Waals surface area (Å²) in [5.41, 5.74) is 0. The first-order chi connectivity index (χ1) is 5.88. The van der Waals surface area contributed by atoms with Crippen LogP contribution in [0.25, 0.3) is 0 Å². The number of hydrogen-bond acceptors (Lipinski definition) is 2. The molecule has 1 aromatic heterocycles. The van der Waals surface area contributed by atoms with Gasteiger partial charge in [0.05, 0.1) is 6.17 Å². The van der Waals surface area contributed by atoms with Gasteiger partial charge < -0.3 is 4.57 Å². The Labute approximate surface area is 72.7 Å². The second kappa shape index (κ2) is 3.29. The summed E-state index contributed by atoms with van der Waals surface area (Å²) in [6.07, 6.45) is 8.23. The van der Waals surface area contributed by atoms with Crippen molar-refractivity contribution >= 4 is 0 Å². The smallest absolute Gasteiger partial charge is 0.0984 e. The van der Waals surface area contributed by atoms with E-state index >= 15 is 0 Å². The van der Waals surface area contributed by atoms with Gasteiger partial charge in [0.1, 0.15) is 0 Å². The zero-order chi connectivity index (χ0) is 8.39. The summed E-state index contributed by atoms with van der Waals surface area (Å²) in [4.78, 5) is 0. The highest BCUT2D eigenvalue weighted by atomic mass is 15.5. The third kappa shape index (κ3) is 1.38. The van der Waals surface area contributed by atoms with Crippen molar-refractivity contribution < 1.29 is 0 Å². The first-order valence-electron chi connectivity index (χ1n) is 4.52. The maximum absolute atomic E-state index is 5.88. The van der Waals surface area contributed by atoms with E-state index < -0.39 is 0 Å². The Morgan fingerprint density at radius 2 is 1.92 bits per heavy atom. The molecule has 0 amide bonds. The molecule has 1 aliphatic heterocycles. The van der Waals surface area contributed by atoms with Gasteiger partial charge in [-0.05, 0) is 31.4 Å². The van der Waals surface area contributed by atoms with Gasteiger partial charge in [0.25, 0.3) is 0 Å². The Balaban J connectivity index is 2.11. The lowest BCUT2D eigenvalue weighted by molar-refractivity contribution is 0.0966. The van der Waals surface area contributed by atoms with Crippen LogP contribution in [-0.4, -0.2) is 16.1 Å². The highest BCUT2D eigenvalue weighted by Crippen LogP contribution is 2.22. The minimum Gasteiger partial charge on any atom is -0.337 e. The van der Waals surface area contributed by atoms with Gasteiger partial charge in [0, 0.05) is 18.9 Å². The van der Waals surface area contributed by atoms with Crippen molar-refractivity contribution in [1.82, 2.24) is 9.58 Å². The van der Waals surface area contributed by atoms with Crippen molar-refractivity contribution in [1.29, 1.82) is 0 Å². The Kier molecular flexibility index (Phi) is 2.15. The maximum atomic E-state index is 5.88. The van der Waals surface area contributed by atoms with E-state index in [2.05, 4.69) is 17.0 Å². The molecule has 3 heteroatoms. The van der Waals surface area contributed by atoms with E-state index in [1.807, 2.05) is 17.1 Å². The van der Waals surface area contributed by atoms with Gasteiger partial charge in [-0.3, -0.25) is 5.84 Å². The van der Waals surface area contributed by atoms with Gasteiger partial charge in [0.2, 0.25) is 0 Å². The molecular weight excluding hydrogens is 150 g/mol. The Morgan fingerprint density at radius 3 is 2.58 bits per heavy atom. The van der Waals surface area contributed by atoms with Crippen LogP contribution in [0.3, 0.4) is 0 Å². The molecule has 1 saturated heterocycles. The SMILES string of the molecule is NN1CCCCC1n1cccc1. The number of hydrazine groups is 1. The van der Waals surface area contributed by atoms with Gasteiger partial charge in [-0.2, -0.15) is 0 Å². The normalized spacial score (nSPS) is 25.9. The lowest BCUT2D eigenvalue weighted by Gasteiger charge is -2.32. The predicted molar refractivity (Wildman–Crippen MR) is 48.2 cm³/mol. The number of nitrogens with two attached hydrogens (primary N) is 1. The molecule has 0 aromatic carbocycles. The molecule has 3 nitrogen and oxygen atoms in total. The summed E-state index contributed by atoms with van der Waals surface area (Å²) in [6, 6.07) is 4.09. The van der Waals surface area contributed by atoms with Crippen LogP contribution < -0.4 is 5.84 Å². The number of nitrogens with zero attached hydrogens (tertiary/aromatic N) is 2. The second-order valence-electron chi connectivity index (χ2n) is 3.34. The van der Waals surface area contributed by atoms with E-state index in [4.69, 9.17) is 5.84 Å². The van der Waals surface area contributed by atoms with Gasteiger partial charge in [-0.1, -0.05) is 0 Å². The zero-order valence-corrected chi connectivity index (χ0v) is 7.19. The average Bonchev–Trinajstić information content (AvgIpc) is 2.57. The molecule has 0 aliphatic carbocycles. The minimum atomic E-state index is 0.383. The van der Waals surface area contributed by atoms with E-state index in [-0.39, 0.29) is 0 Å². The summed E-state index contributed by atoms with van der Waals surface area (Å²) in [7, 11) is 0. The zero-order valence-electron chi connectivity index (χ0n) is 7.19. The molecule has 2 heterocycles. The molecule has 1 atom stereocenters. The first-order valence-corrected chi connectivity index (χ1v) is 4.52. The number of hydrogen-bond donors (Lipinski definition) is 1. The van der Waals surface area contributed by atoms with Gasteiger partial charge in [-0.25, -0.2) is 5.01 Å². The summed E-state index contributed by atoms with van der Waals surface area (Å²) >= 11 is 0. The van der Waals surface area contributed by atoms with Crippen LogP contribution in [0.2, 0.25) is 0 Å². The van der Waals surface area contributed by atoms with E-state index in [0.29, 0.717) is 6.17 Å². The maximum Gasteiger partial charge on any atom is 0.0984 e. The molecule has 2 N–H and O–H groups in total. The Bertz CT molecular complexity index is 230. The topological polar surface area (TPSA) is 34.2 Å². The molecule has 0 spiro atoms. The van der Waals surface area contributed by atoms with E-state index in [1.54, 1.807) is 0 Å². The standard InChI is InChI=1S/C9H15N3/c10-12-8-2-1-5-9(12)11-6-3-4-7-11/h3-4,6-7,9H,1-2,5,8,10H2. The summed E-state index contributed by atoms with van der Waals surface area (Å²) in [5, 5.41) is 1.93. The van der Waals surface area contributed by atoms with Crippen molar-refractivity contribution in [2.45, 2.75) is 25.4 Å². The molecule has 2 rings (SSSR count). The van der Waals surface area contributed by atoms with Crippen LogP contribution in [0.1, 0.15) is 25.4 Å². The van der Waals surface area contributed by atoms with E-state index in [9.17, 15) is 0 Å². The number of piperidine rings is 1. The summed E-state index contributed by atoms with van der Waals surface area (Å²) in [6.45, 7) is 1.02. The first kappa shape index (κ1) is 7.83. The quantitative estimate of drug-likeness (QED) is 0.637. The lowest BCUT2D eigenvalue weighted by Crippen LogP contribution is -2.41. The fourth-order valence-electron chi connectivity index (χ4n) is 1.80. The van der Waals surface area contributed by atoms with Crippen LogP contribution in [-0.2, 0) is 0 Å². The van der Waals surface area contributed by atoms with Crippen molar-refractivity contribution in [3.63, 3.8) is 0 Å². The second-order valence-corrected chi connectivity index (χ2v) is 3.34. The van der Waals surface area contributed by atoms with Crippen molar-refractivity contribution in [3.05, 3.63) is 24.5 Å². The van der Waals surface area contributed by atoms with E-state index in [0.717, 1.165) is 6.54 Å². The number of aromatic nitrogens is 1. The van der Waals surface area contributed by atoms with Crippen LogP contribution in [0, 0.1) is 0 Å². The number of rotatable bonds is 1. The summed E-state index contributed by atoms with van der Waals surface area (Å²) < 4.78 is 2.18. The summed E-state index contributed by atoms with van der Waals surface area (Å²) in [5.74, 6) is 5.88. The van der Waals surface area contributed by atoms with Crippen LogP contribution >= 0.6 is 0 Å². The Morgan fingerprint density at radius 1 is 1.17 bits per heavy atom. The molecule has 66 valence electrons. The predicted octanol–water partition coefficient (Wildman–Crippen LogP) is 1.35. The van der Waals surface area contributed by atoms with Crippen molar-refractivity contribution in [2.24, 2.45) is 5.84 Å². The van der Waals surface area contributed by atoms with Crippen molar-refractivity contribution in [3.8, 4) is 0 Å². The third-order valence-electron chi connectivity index (χ3n) is 2.48. The van der Waals surface area contributed by atoms with Gasteiger partial charge >= 0.3 is 0 Å². The van der Waals surface area contributed by atoms with Gasteiger partial charge in [0.15, 0.2) is 0 Å². The van der Waals surface area contributed by atoms with Crippen LogP contribution in [0.5, 0.6) is 0 Å². The molecule has 0 radical (unpaired) electrons. The largest absolute Gasteiger partial charge is 0.337 e.